The van der Waals surface area contributed by atoms with Crippen LogP contribution in [0.3, 0.4) is 0 Å². The molecule has 0 amide bonds. The van der Waals surface area contributed by atoms with Gasteiger partial charge in [-0.2, -0.15) is 4.31 Å². The molecular formula is C18H24FN3O2S. The summed E-state index contributed by atoms with van der Waals surface area (Å²) in [6, 6.07) is 5.57. The maximum Gasteiger partial charge on any atom is 0.245 e. The minimum atomic E-state index is -3.76. The molecule has 0 aliphatic carbocycles. The summed E-state index contributed by atoms with van der Waals surface area (Å²) in [5.41, 5.74) is 0. The van der Waals surface area contributed by atoms with Crippen LogP contribution in [0, 0.1) is 11.7 Å². The molecule has 0 unspecified atom stereocenters. The molecule has 1 aliphatic heterocycles. The Hall–Kier alpha value is -1.73. The number of piperidine rings is 1. The number of aromatic nitrogens is 2. The van der Waals surface area contributed by atoms with Crippen molar-refractivity contribution in [2.45, 2.75) is 44.0 Å². The molecule has 2 heterocycles. The second-order valence-corrected chi connectivity index (χ2v) is 8.78. The van der Waals surface area contributed by atoms with Crippen LogP contribution in [0.2, 0.25) is 0 Å². The van der Waals surface area contributed by atoms with Crippen LogP contribution in [0.25, 0.3) is 0 Å². The minimum absolute atomic E-state index is 0.231. The Labute approximate surface area is 148 Å². The van der Waals surface area contributed by atoms with Crippen molar-refractivity contribution in [3.63, 3.8) is 0 Å². The van der Waals surface area contributed by atoms with Crippen molar-refractivity contribution in [3.05, 3.63) is 48.3 Å². The van der Waals surface area contributed by atoms with Crippen LogP contribution in [0.15, 0.2) is 41.6 Å². The second-order valence-electron chi connectivity index (χ2n) is 6.87. The van der Waals surface area contributed by atoms with Crippen LogP contribution in [0.5, 0.6) is 0 Å². The van der Waals surface area contributed by atoms with Gasteiger partial charge in [0.1, 0.15) is 16.5 Å². The minimum Gasteiger partial charge on any atom is -0.334 e. The predicted molar refractivity (Wildman–Crippen MR) is 94.2 cm³/mol. The molecule has 25 heavy (non-hydrogen) atoms. The van der Waals surface area contributed by atoms with Crippen LogP contribution >= 0.6 is 0 Å². The lowest BCUT2D eigenvalue weighted by molar-refractivity contribution is 0.250. The van der Waals surface area contributed by atoms with Gasteiger partial charge in [-0.15, -0.1) is 0 Å². The molecule has 1 aliphatic rings. The molecule has 0 saturated carbocycles. The number of hydrogen-bond acceptors (Lipinski definition) is 3. The van der Waals surface area contributed by atoms with E-state index in [4.69, 9.17) is 0 Å². The van der Waals surface area contributed by atoms with Crippen molar-refractivity contribution in [3.8, 4) is 0 Å². The molecule has 2 aromatic rings. The number of nitrogens with zero attached hydrogens (tertiary/aromatic N) is 3. The van der Waals surface area contributed by atoms with Gasteiger partial charge in [-0.25, -0.2) is 17.8 Å². The monoisotopic (exact) mass is 365 g/mol. The SMILES string of the molecule is CC(C)c1nccn1CC1CCN(S(=O)(=O)c2ccccc2F)CC1. The molecule has 1 saturated heterocycles. The van der Waals surface area contributed by atoms with Gasteiger partial charge in [-0.1, -0.05) is 26.0 Å². The van der Waals surface area contributed by atoms with Gasteiger partial charge in [0.05, 0.1) is 0 Å². The topological polar surface area (TPSA) is 55.2 Å². The first-order chi connectivity index (χ1) is 11.9. The maximum absolute atomic E-state index is 13.9. The smallest absolute Gasteiger partial charge is 0.245 e. The fourth-order valence-electron chi connectivity index (χ4n) is 3.38. The zero-order valence-electron chi connectivity index (χ0n) is 14.6. The lowest BCUT2D eigenvalue weighted by atomic mass is 9.98. The van der Waals surface area contributed by atoms with Crippen molar-refractivity contribution < 1.29 is 12.8 Å². The highest BCUT2D eigenvalue weighted by atomic mass is 32.2. The van der Waals surface area contributed by atoms with E-state index in [0.29, 0.717) is 24.9 Å². The second kappa shape index (κ2) is 7.25. The molecule has 136 valence electrons. The summed E-state index contributed by atoms with van der Waals surface area (Å²) in [6.45, 7) is 5.92. The van der Waals surface area contributed by atoms with Gasteiger partial charge in [0, 0.05) is 37.9 Å². The molecule has 0 radical (unpaired) electrons. The summed E-state index contributed by atoms with van der Waals surface area (Å²) in [4.78, 5) is 4.17. The summed E-state index contributed by atoms with van der Waals surface area (Å²) in [7, 11) is -3.76. The number of imidazole rings is 1. The van der Waals surface area contributed by atoms with E-state index in [-0.39, 0.29) is 4.90 Å². The molecule has 7 heteroatoms. The zero-order valence-corrected chi connectivity index (χ0v) is 15.4. The fourth-order valence-corrected chi connectivity index (χ4v) is 4.91. The number of halogens is 1. The van der Waals surface area contributed by atoms with E-state index < -0.39 is 15.8 Å². The first kappa shape index (κ1) is 18.1. The number of rotatable bonds is 5. The molecule has 0 spiro atoms. The number of sulfonamides is 1. The van der Waals surface area contributed by atoms with E-state index in [9.17, 15) is 12.8 Å². The Morgan fingerprint density at radius 2 is 1.92 bits per heavy atom. The lowest BCUT2D eigenvalue weighted by Crippen LogP contribution is -2.39. The van der Waals surface area contributed by atoms with Gasteiger partial charge in [-0.05, 0) is 30.9 Å². The average Bonchev–Trinajstić information content (AvgIpc) is 3.04. The average molecular weight is 365 g/mol. The Kier molecular flexibility index (Phi) is 5.24. The quantitative estimate of drug-likeness (QED) is 0.817. The number of hydrogen-bond donors (Lipinski definition) is 0. The van der Waals surface area contributed by atoms with Crippen LogP contribution in [0.1, 0.15) is 38.4 Å². The summed E-state index contributed by atoms with van der Waals surface area (Å²) >= 11 is 0. The summed E-state index contributed by atoms with van der Waals surface area (Å²) in [6.07, 6.45) is 5.33. The van der Waals surface area contributed by atoms with E-state index in [2.05, 4.69) is 23.4 Å². The molecule has 1 aromatic carbocycles. The first-order valence-electron chi connectivity index (χ1n) is 8.65. The highest BCUT2D eigenvalue weighted by Gasteiger charge is 2.31. The molecule has 0 N–H and O–H groups in total. The Balaban J connectivity index is 1.66. The standard InChI is InChI=1S/C18H24FN3O2S/c1-14(2)18-20-9-12-21(18)13-15-7-10-22(11-8-15)25(23,24)17-6-4-3-5-16(17)19/h3-6,9,12,14-15H,7-8,10-11,13H2,1-2H3. The van der Waals surface area contributed by atoms with Gasteiger partial charge in [-0.3, -0.25) is 0 Å². The number of benzene rings is 1. The van der Waals surface area contributed by atoms with E-state index in [1.54, 1.807) is 6.07 Å². The van der Waals surface area contributed by atoms with Gasteiger partial charge >= 0.3 is 0 Å². The van der Waals surface area contributed by atoms with Gasteiger partial charge in [0.2, 0.25) is 10.0 Å². The lowest BCUT2D eigenvalue weighted by Gasteiger charge is -2.31. The van der Waals surface area contributed by atoms with E-state index in [1.807, 2.05) is 12.4 Å². The van der Waals surface area contributed by atoms with Crippen molar-refractivity contribution in [1.29, 1.82) is 0 Å². The summed E-state index contributed by atoms with van der Waals surface area (Å²) in [5.74, 6) is 1.13. The van der Waals surface area contributed by atoms with Crippen LogP contribution < -0.4 is 0 Å². The van der Waals surface area contributed by atoms with E-state index in [0.717, 1.165) is 25.2 Å². The van der Waals surface area contributed by atoms with E-state index >= 15 is 0 Å². The largest absolute Gasteiger partial charge is 0.334 e. The highest BCUT2D eigenvalue weighted by Crippen LogP contribution is 2.26. The third-order valence-electron chi connectivity index (χ3n) is 4.75. The van der Waals surface area contributed by atoms with Crippen molar-refractivity contribution in [2.24, 2.45) is 5.92 Å². The summed E-state index contributed by atoms with van der Waals surface area (Å²) < 4.78 is 42.7. The maximum atomic E-state index is 13.9. The zero-order chi connectivity index (χ0) is 18.0. The Bertz CT molecular complexity index is 824. The molecule has 0 bridgehead atoms. The molecule has 5 nitrogen and oxygen atoms in total. The molecular weight excluding hydrogens is 341 g/mol. The molecule has 1 aromatic heterocycles. The van der Waals surface area contributed by atoms with Crippen molar-refractivity contribution in [2.75, 3.05) is 13.1 Å². The fraction of sp³-hybridized carbons (Fsp3) is 0.500. The molecule has 3 rings (SSSR count). The van der Waals surface area contributed by atoms with Gasteiger partial charge in [0.25, 0.3) is 0 Å². The summed E-state index contributed by atoms with van der Waals surface area (Å²) in [5, 5.41) is 0. The third kappa shape index (κ3) is 3.77. The molecule has 1 fully saturated rings. The highest BCUT2D eigenvalue weighted by molar-refractivity contribution is 7.89. The Morgan fingerprint density at radius 3 is 2.56 bits per heavy atom. The predicted octanol–water partition coefficient (Wildman–Crippen LogP) is 3.25. The van der Waals surface area contributed by atoms with Crippen LogP contribution in [0.4, 0.5) is 4.39 Å². The van der Waals surface area contributed by atoms with Crippen LogP contribution in [-0.2, 0) is 16.6 Å². The van der Waals surface area contributed by atoms with Gasteiger partial charge in [0.15, 0.2) is 0 Å². The van der Waals surface area contributed by atoms with E-state index in [1.165, 1.54) is 22.5 Å². The molecule has 0 atom stereocenters. The normalized spacial score (nSPS) is 17.3. The van der Waals surface area contributed by atoms with Crippen molar-refractivity contribution >= 4 is 10.0 Å². The third-order valence-corrected chi connectivity index (χ3v) is 6.68. The van der Waals surface area contributed by atoms with Gasteiger partial charge < -0.3 is 4.57 Å². The van der Waals surface area contributed by atoms with Crippen LogP contribution in [-0.4, -0.2) is 35.4 Å². The van der Waals surface area contributed by atoms with Crippen molar-refractivity contribution in [1.82, 2.24) is 13.9 Å². The Morgan fingerprint density at radius 1 is 1.24 bits per heavy atom. The first-order valence-corrected chi connectivity index (χ1v) is 10.1.